The van der Waals surface area contributed by atoms with Crippen LogP contribution in [-0.4, -0.2) is 35.5 Å². The normalized spacial score (nSPS) is 17.1. The number of methoxy groups -OCH3 is 1. The number of ether oxygens (including phenoxy) is 2. The van der Waals surface area contributed by atoms with Crippen LogP contribution in [0, 0.1) is 5.82 Å². The average Bonchev–Trinajstić information content (AvgIpc) is 3.41. The molecule has 0 bridgehead atoms. The molecule has 0 aliphatic carbocycles. The number of fused-ring (bicyclic) bond motifs is 1. The smallest absolute Gasteiger partial charge is 0.301 e. The van der Waals surface area contributed by atoms with Crippen molar-refractivity contribution in [3.05, 3.63) is 89.2 Å². The van der Waals surface area contributed by atoms with E-state index in [0.29, 0.717) is 39.4 Å². The van der Waals surface area contributed by atoms with Crippen LogP contribution in [0.2, 0.25) is 0 Å². The molecular weight excluding hydrogens is 483 g/mol. The first-order chi connectivity index (χ1) is 17.4. The Hall–Kier alpha value is -4.24. The summed E-state index contributed by atoms with van der Waals surface area (Å²) in [6.07, 6.45) is 0. The molecule has 1 aliphatic heterocycles. The summed E-state index contributed by atoms with van der Waals surface area (Å²) in [5.74, 6) is -1.30. The Balaban J connectivity index is 1.71. The first-order valence-electron chi connectivity index (χ1n) is 11.2. The molecule has 5 rings (SSSR count). The number of aliphatic hydroxyl groups excluding tert-OH is 1. The highest BCUT2D eigenvalue weighted by molar-refractivity contribution is 7.22. The molecule has 1 N–H and O–H groups in total. The summed E-state index contributed by atoms with van der Waals surface area (Å²) in [6.45, 7) is 2.28. The van der Waals surface area contributed by atoms with Gasteiger partial charge in [0.2, 0.25) is 0 Å². The molecule has 0 spiro atoms. The maximum absolute atomic E-state index is 13.8. The Kier molecular flexibility index (Phi) is 6.15. The van der Waals surface area contributed by atoms with Crippen LogP contribution in [0.5, 0.6) is 11.5 Å². The predicted octanol–water partition coefficient (Wildman–Crippen LogP) is 5.47. The second-order valence-electron chi connectivity index (χ2n) is 8.01. The van der Waals surface area contributed by atoms with E-state index in [9.17, 15) is 19.1 Å². The van der Waals surface area contributed by atoms with Crippen LogP contribution in [0.4, 0.5) is 9.52 Å². The van der Waals surface area contributed by atoms with E-state index in [1.54, 1.807) is 48.5 Å². The summed E-state index contributed by atoms with van der Waals surface area (Å²) in [7, 11) is 1.52. The lowest BCUT2D eigenvalue weighted by Gasteiger charge is -2.23. The fraction of sp³-hybridized carbons (Fsp3) is 0.148. The number of halogens is 1. The van der Waals surface area contributed by atoms with Crippen LogP contribution in [0.3, 0.4) is 0 Å². The summed E-state index contributed by atoms with van der Waals surface area (Å²) in [5, 5.41) is 11.5. The fourth-order valence-corrected chi connectivity index (χ4v) is 5.20. The van der Waals surface area contributed by atoms with Gasteiger partial charge in [-0.3, -0.25) is 14.5 Å². The van der Waals surface area contributed by atoms with Gasteiger partial charge < -0.3 is 14.6 Å². The van der Waals surface area contributed by atoms with Gasteiger partial charge in [-0.1, -0.05) is 23.5 Å². The molecule has 7 nitrogen and oxygen atoms in total. The second-order valence-corrected chi connectivity index (χ2v) is 9.02. The molecule has 1 fully saturated rings. The number of rotatable bonds is 6. The summed E-state index contributed by atoms with van der Waals surface area (Å²) < 4.78 is 25.2. The molecule has 3 aromatic carbocycles. The maximum atomic E-state index is 13.8. The van der Waals surface area contributed by atoms with Gasteiger partial charge in [0.05, 0.1) is 35.5 Å². The van der Waals surface area contributed by atoms with Crippen molar-refractivity contribution in [2.45, 2.75) is 13.0 Å². The number of hydrogen-bond acceptors (Lipinski definition) is 7. The molecule has 182 valence electrons. The van der Waals surface area contributed by atoms with E-state index in [2.05, 4.69) is 4.98 Å². The van der Waals surface area contributed by atoms with Gasteiger partial charge >= 0.3 is 5.91 Å². The lowest BCUT2D eigenvalue weighted by molar-refractivity contribution is -0.132. The van der Waals surface area contributed by atoms with E-state index in [0.717, 1.165) is 11.3 Å². The van der Waals surface area contributed by atoms with Gasteiger partial charge in [0.25, 0.3) is 5.78 Å². The zero-order chi connectivity index (χ0) is 25.4. The monoisotopic (exact) mass is 504 g/mol. The number of hydrogen-bond donors (Lipinski definition) is 1. The number of thiazole rings is 1. The van der Waals surface area contributed by atoms with Crippen molar-refractivity contribution < 1.29 is 28.6 Å². The molecule has 36 heavy (non-hydrogen) atoms. The van der Waals surface area contributed by atoms with Crippen LogP contribution in [0.1, 0.15) is 24.1 Å². The molecular formula is C27H21FN2O5S. The molecule has 1 atom stereocenters. The number of aromatic nitrogens is 1. The van der Waals surface area contributed by atoms with Crippen molar-refractivity contribution in [3.63, 3.8) is 0 Å². The van der Waals surface area contributed by atoms with Crippen molar-refractivity contribution >= 4 is 44.1 Å². The molecule has 9 heteroatoms. The summed E-state index contributed by atoms with van der Waals surface area (Å²) in [5.41, 5.74) is 1.33. The van der Waals surface area contributed by atoms with Crippen molar-refractivity contribution in [2.24, 2.45) is 0 Å². The lowest BCUT2D eigenvalue weighted by atomic mass is 9.95. The van der Waals surface area contributed by atoms with Crippen LogP contribution in [0.25, 0.3) is 16.0 Å². The average molecular weight is 505 g/mol. The molecule has 1 aliphatic rings. The molecule has 0 radical (unpaired) electrons. The molecule has 1 aromatic heterocycles. The first kappa shape index (κ1) is 23.5. The molecule has 1 amide bonds. The quantitative estimate of drug-likeness (QED) is 0.213. The third-order valence-electron chi connectivity index (χ3n) is 5.84. The Labute approximate surface area is 210 Å². The number of benzene rings is 3. The number of Topliss-reactive ketones (excluding diaryl/α,β-unsaturated/α-hetero) is 1. The number of carbonyl (C=O) groups excluding carboxylic acids is 2. The SMILES string of the molecule is CCOc1cccc(C2C(=C(O)c3ccc(OC)cc3)C(=O)C(=O)N2c2nc3ccc(F)cc3s2)c1. The largest absolute Gasteiger partial charge is 0.507 e. The van der Waals surface area contributed by atoms with Crippen molar-refractivity contribution in [1.82, 2.24) is 4.98 Å². The molecule has 1 unspecified atom stereocenters. The van der Waals surface area contributed by atoms with Gasteiger partial charge in [-0.2, -0.15) is 0 Å². The van der Waals surface area contributed by atoms with Crippen LogP contribution >= 0.6 is 11.3 Å². The van der Waals surface area contributed by atoms with Gasteiger partial charge in [-0.05, 0) is 67.1 Å². The summed E-state index contributed by atoms with van der Waals surface area (Å²) in [4.78, 5) is 32.5. The number of anilines is 1. The number of carbonyl (C=O) groups is 2. The van der Waals surface area contributed by atoms with Gasteiger partial charge in [-0.15, -0.1) is 0 Å². The molecule has 2 heterocycles. The van der Waals surface area contributed by atoms with Gasteiger partial charge in [-0.25, -0.2) is 9.37 Å². The molecule has 0 saturated carbocycles. The fourth-order valence-electron chi connectivity index (χ4n) is 4.18. The number of nitrogens with zero attached hydrogens (tertiary/aromatic N) is 2. The Morgan fingerprint density at radius 2 is 1.86 bits per heavy atom. The Morgan fingerprint density at radius 3 is 2.58 bits per heavy atom. The lowest BCUT2D eigenvalue weighted by Crippen LogP contribution is -2.29. The van der Waals surface area contributed by atoms with Crippen LogP contribution in [-0.2, 0) is 9.59 Å². The first-order valence-corrected chi connectivity index (χ1v) is 12.0. The van der Waals surface area contributed by atoms with Crippen LogP contribution < -0.4 is 14.4 Å². The van der Waals surface area contributed by atoms with E-state index in [1.165, 1.54) is 30.2 Å². The zero-order valence-electron chi connectivity index (χ0n) is 19.4. The highest BCUT2D eigenvalue weighted by atomic mass is 32.1. The molecule has 4 aromatic rings. The maximum Gasteiger partial charge on any atom is 0.301 e. The molecule has 1 saturated heterocycles. The van der Waals surface area contributed by atoms with Gasteiger partial charge in [0, 0.05) is 5.56 Å². The standard InChI is InChI=1S/C27H21FN2O5S/c1-3-35-19-6-4-5-16(13-19)23-22(24(31)15-7-10-18(34-2)11-8-15)25(32)26(33)30(23)27-29-20-12-9-17(28)14-21(20)36-27/h4-14,23,31H,3H2,1-2H3. The zero-order valence-corrected chi connectivity index (χ0v) is 20.2. The van der Waals surface area contributed by atoms with E-state index < -0.39 is 23.5 Å². The topological polar surface area (TPSA) is 89.0 Å². The van der Waals surface area contributed by atoms with E-state index in [1.807, 2.05) is 6.92 Å². The van der Waals surface area contributed by atoms with Crippen molar-refractivity contribution in [1.29, 1.82) is 0 Å². The Morgan fingerprint density at radius 1 is 1.08 bits per heavy atom. The predicted molar refractivity (Wildman–Crippen MR) is 135 cm³/mol. The highest BCUT2D eigenvalue weighted by Gasteiger charge is 2.48. The minimum Gasteiger partial charge on any atom is -0.507 e. The third kappa shape index (κ3) is 4.07. The Bertz CT molecular complexity index is 1510. The minimum atomic E-state index is -0.974. The van der Waals surface area contributed by atoms with E-state index in [-0.39, 0.29) is 16.5 Å². The summed E-state index contributed by atoms with van der Waals surface area (Å²) >= 11 is 1.09. The number of ketones is 1. The van der Waals surface area contributed by atoms with Gasteiger partial charge in [0.15, 0.2) is 5.13 Å². The highest BCUT2D eigenvalue weighted by Crippen LogP contribution is 2.45. The van der Waals surface area contributed by atoms with Crippen LogP contribution in [0.15, 0.2) is 72.3 Å². The van der Waals surface area contributed by atoms with Gasteiger partial charge in [0.1, 0.15) is 23.1 Å². The second kappa shape index (κ2) is 9.43. The number of aliphatic hydroxyl groups is 1. The van der Waals surface area contributed by atoms with Crippen molar-refractivity contribution in [2.75, 3.05) is 18.6 Å². The minimum absolute atomic E-state index is 0.0794. The third-order valence-corrected chi connectivity index (χ3v) is 6.86. The number of amides is 1. The van der Waals surface area contributed by atoms with E-state index in [4.69, 9.17) is 9.47 Å². The summed E-state index contributed by atoms with van der Waals surface area (Å²) in [6, 6.07) is 16.7. The van der Waals surface area contributed by atoms with E-state index >= 15 is 0 Å². The van der Waals surface area contributed by atoms with Crippen molar-refractivity contribution in [3.8, 4) is 11.5 Å².